The molecular weight excluding hydrogens is 534 g/mol. The lowest BCUT2D eigenvalue weighted by atomic mass is 9.52. The monoisotopic (exact) mass is 585 g/mol. The Kier molecular flexibility index (Phi) is 10.3. The summed E-state index contributed by atoms with van der Waals surface area (Å²) in [5.74, 6) is 1.59. The zero-order chi connectivity index (χ0) is 30.5. The SMILES string of the molecule is CC(C)CO/C(N/C=C/C(C)(C)NC(=O)CCC1CCCC1)=C(/C=N)C(=O)NC1C2CC3CC1CC(OC(N)=O)(C3)C2. The Balaban J connectivity index is 1.40. The van der Waals surface area contributed by atoms with Crippen LogP contribution in [0.25, 0.3) is 0 Å². The second kappa shape index (κ2) is 13.5. The average Bonchev–Trinajstić information content (AvgIpc) is 3.40. The predicted molar refractivity (Wildman–Crippen MR) is 161 cm³/mol. The van der Waals surface area contributed by atoms with Gasteiger partial charge in [-0.05, 0) is 88.0 Å². The van der Waals surface area contributed by atoms with Crippen LogP contribution in [0.15, 0.2) is 23.7 Å². The quantitative estimate of drug-likeness (QED) is 0.114. The minimum atomic E-state index is -0.732. The van der Waals surface area contributed by atoms with E-state index in [0.717, 1.165) is 31.9 Å². The van der Waals surface area contributed by atoms with Crippen molar-refractivity contribution in [1.82, 2.24) is 16.0 Å². The molecule has 5 aliphatic carbocycles. The molecule has 0 spiro atoms. The molecule has 10 nitrogen and oxygen atoms in total. The van der Waals surface area contributed by atoms with Gasteiger partial charge in [0, 0.05) is 24.9 Å². The lowest BCUT2D eigenvalue weighted by Crippen LogP contribution is -2.63. The van der Waals surface area contributed by atoms with Crippen LogP contribution in [-0.2, 0) is 19.1 Å². The van der Waals surface area contributed by atoms with Gasteiger partial charge in [0.15, 0.2) is 0 Å². The van der Waals surface area contributed by atoms with Crippen LogP contribution < -0.4 is 21.7 Å². The van der Waals surface area contributed by atoms with E-state index in [1.54, 1.807) is 6.20 Å². The summed E-state index contributed by atoms with van der Waals surface area (Å²) in [5.41, 5.74) is 4.37. The van der Waals surface area contributed by atoms with Gasteiger partial charge >= 0.3 is 6.09 Å². The number of primary amides is 1. The van der Waals surface area contributed by atoms with Gasteiger partial charge in [0.1, 0.15) is 11.2 Å². The molecule has 2 unspecified atom stereocenters. The summed E-state index contributed by atoms with van der Waals surface area (Å²) >= 11 is 0. The van der Waals surface area contributed by atoms with Crippen LogP contribution in [0.3, 0.4) is 0 Å². The van der Waals surface area contributed by atoms with Crippen molar-refractivity contribution in [3.63, 3.8) is 0 Å². The lowest BCUT2D eigenvalue weighted by Gasteiger charge is -2.58. The van der Waals surface area contributed by atoms with E-state index in [4.69, 9.17) is 20.6 Å². The van der Waals surface area contributed by atoms with Crippen LogP contribution in [-0.4, -0.2) is 47.9 Å². The summed E-state index contributed by atoms with van der Waals surface area (Å²) in [6.45, 7) is 8.23. The first-order valence-electron chi connectivity index (χ1n) is 15.8. The van der Waals surface area contributed by atoms with Gasteiger partial charge in [-0.25, -0.2) is 4.79 Å². The van der Waals surface area contributed by atoms with Gasteiger partial charge in [-0.1, -0.05) is 39.5 Å². The Morgan fingerprint density at radius 3 is 2.36 bits per heavy atom. The van der Waals surface area contributed by atoms with Crippen molar-refractivity contribution in [1.29, 1.82) is 5.41 Å². The fourth-order valence-electron chi connectivity index (χ4n) is 7.86. The third-order valence-electron chi connectivity index (χ3n) is 9.46. The van der Waals surface area contributed by atoms with Crippen LogP contribution >= 0.6 is 0 Å². The fourth-order valence-corrected chi connectivity index (χ4v) is 7.86. The number of hydrogen-bond donors (Lipinski definition) is 5. The van der Waals surface area contributed by atoms with Gasteiger partial charge in [-0.3, -0.25) is 9.59 Å². The Morgan fingerprint density at radius 1 is 1.10 bits per heavy atom. The van der Waals surface area contributed by atoms with Crippen molar-refractivity contribution >= 4 is 24.1 Å². The summed E-state index contributed by atoms with van der Waals surface area (Å²) in [5, 5.41) is 17.5. The van der Waals surface area contributed by atoms with E-state index < -0.39 is 17.2 Å². The molecule has 5 aliphatic rings. The molecule has 0 saturated heterocycles. The molecule has 5 saturated carbocycles. The highest BCUT2D eigenvalue weighted by Gasteiger charge is 2.57. The van der Waals surface area contributed by atoms with Crippen molar-refractivity contribution in [3.05, 3.63) is 23.7 Å². The molecule has 0 radical (unpaired) electrons. The van der Waals surface area contributed by atoms with E-state index >= 15 is 0 Å². The Hall–Kier alpha value is -3.04. The van der Waals surface area contributed by atoms with Crippen molar-refractivity contribution in [2.75, 3.05) is 6.61 Å². The second-order valence-corrected chi connectivity index (χ2v) is 14.1. The topological polar surface area (TPSA) is 156 Å². The van der Waals surface area contributed by atoms with Gasteiger partial charge in [0.05, 0.1) is 12.1 Å². The van der Waals surface area contributed by atoms with E-state index in [-0.39, 0.29) is 47.1 Å². The molecule has 0 aromatic carbocycles. The highest BCUT2D eigenvalue weighted by Crippen LogP contribution is 2.57. The van der Waals surface area contributed by atoms with Gasteiger partial charge in [0.25, 0.3) is 5.91 Å². The minimum absolute atomic E-state index is 0.0293. The first-order chi connectivity index (χ1) is 19.9. The first-order valence-corrected chi connectivity index (χ1v) is 15.8. The van der Waals surface area contributed by atoms with Crippen molar-refractivity contribution in [3.8, 4) is 0 Å². The summed E-state index contributed by atoms with van der Waals surface area (Å²) in [7, 11) is 0. The Morgan fingerprint density at radius 2 is 1.76 bits per heavy atom. The number of hydrogen-bond acceptors (Lipinski definition) is 7. The van der Waals surface area contributed by atoms with E-state index in [1.807, 2.05) is 33.8 Å². The number of amides is 3. The van der Waals surface area contributed by atoms with E-state index in [1.165, 1.54) is 25.7 Å². The molecule has 42 heavy (non-hydrogen) atoms. The number of rotatable bonds is 14. The van der Waals surface area contributed by atoms with Gasteiger partial charge in [-0.2, -0.15) is 0 Å². The Labute approximate surface area is 250 Å². The summed E-state index contributed by atoms with van der Waals surface area (Å²) < 4.78 is 11.6. The number of carbonyl (C=O) groups excluding carboxylic acids is 3. The number of ether oxygens (including phenoxy) is 2. The molecule has 4 bridgehead atoms. The van der Waals surface area contributed by atoms with E-state index in [9.17, 15) is 14.4 Å². The normalized spacial score (nSPS) is 29.4. The van der Waals surface area contributed by atoms with Gasteiger partial charge in [-0.15, -0.1) is 0 Å². The maximum atomic E-state index is 13.6. The molecule has 10 heteroatoms. The zero-order valence-electron chi connectivity index (χ0n) is 25.8. The number of nitrogens with one attached hydrogen (secondary N) is 4. The molecule has 6 N–H and O–H groups in total. The van der Waals surface area contributed by atoms with Crippen molar-refractivity contribution < 1.29 is 23.9 Å². The van der Waals surface area contributed by atoms with Gasteiger partial charge < -0.3 is 36.6 Å². The molecular formula is C32H51N5O5. The van der Waals surface area contributed by atoms with Crippen LogP contribution in [0.2, 0.25) is 0 Å². The molecule has 0 aliphatic heterocycles. The first kappa shape index (κ1) is 31.9. The van der Waals surface area contributed by atoms with Crippen molar-refractivity contribution in [2.24, 2.45) is 35.3 Å². The average molecular weight is 586 g/mol. The van der Waals surface area contributed by atoms with Crippen LogP contribution in [0.5, 0.6) is 0 Å². The highest BCUT2D eigenvalue weighted by molar-refractivity contribution is 6.11. The maximum absolute atomic E-state index is 13.6. The lowest BCUT2D eigenvalue weighted by molar-refractivity contribution is -0.145. The third kappa shape index (κ3) is 8.28. The smallest absolute Gasteiger partial charge is 0.405 e. The molecule has 5 rings (SSSR count). The number of nitrogens with two attached hydrogens (primary N) is 1. The van der Waals surface area contributed by atoms with Crippen molar-refractivity contribution in [2.45, 2.75) is 116 Å². The van der Waals surface area contributed by atoms with Gasteiger partial charge in [0.2, 0.25) is 11.8 Å². The molecule has 0 aromatic heterocycles. The molecule has 0 heterocycles. The largest absolute Gasteiger partial charge is 0.478 e. The molecule has 234 valence electrons. The molecule has 2 atom stereocenters. The second-order valence-electron chi connectivity index (χ2n) is 14.1. The van der Waals surface area contributed by atoms with Crippen LogP contribution in [0, 0.1) is 35.0 Å². The summed E-state index contributed by atoms with van der Waals surface area (Å²) in [6.07, 6.45) is 14.4. The molecule has 5 fully saturated rings. The minimum Gasteiger partial charge on any atom is -0.478 e. The van der Waals surface area contributed by atoms with E-state index in [2.05, 4.69) is 16.0 Å². The molecule has 0 aromatic rings. The highest BCUT2D eigenvalue weighted by atomic mass is 16.6. The molecule has 3 amide bonds. The van der Waals surface area contributed by atoms with Crippen LogP contribution in [0.1, 0.15) is 98.3 Å². The maximum Gasteiger partial charge on any atom is 0.405 e. The standard InChI is InChI=1S/C32H51N5O5/c1-20(2)19-41-29(35-12-11-31(3,4)37-26(38)10-9-21-7-5-6-8-21)25(18-33)28(39)36-27-23-13-22-14-24(27)17-32(15-22,16-23)42-30(34)40/h11-12,18,20-24,27,33,35H,5-10,13-17,19H2,1-4H3,(H2,34,40)(H,36,39)(H,37,38)/b12-11+,29-25-,33-18?. The predicted octanol–water partition coefficient (Wildman–Crippen LogP) is 4.65. The third-order valence-corrected chi connectivity index (χ3v) is 9.46. The Bertz CT molecular complexity index is 1060. The van der Waals surface area contributed by atoms with E-state index in [0.29, 0.717) is 37.7 Å². The fraction of sp³-hybridized carbons (Fsp3) is 0.750. The summed E-state index contributed by atoms with van der Waals surface area (Å²) in [6, 6.07) is -0.0612. The number of carbonyl (C=O) groups is 3. The zero-order valence-corrected chi connectivity index (χ0v) is 25.8. The van der Waals surface area contributed by atoms with Crippen LogP contribution in [0.4, 0.5) is 4.79 Å². The summed E-state index contributed by atoms with van der Waals surface area (Å²) in [4.78, 5) is 37.7.